The molecular weight excluding hydrogens is 278 g/mol. The van der Waals surface area contributed by atoms with E-state index in [0.717, 1.165) is 32.7 Å². The Hall–Kier alpha value is -0.170. The molecule has 3 heterocycles. The van der Waals surface area contributed by atoms with Crippen molar-refractivity contribution in [3.05, 3.63) is 0 Å². The zero-order valence-electron chi connectivity index (χ0n) is 12.4. The third kappa shape index (κ3) is 2.63. The van der Waals surface area contributed by atoms with Crippen LogP contribution in [0.4, 0.5) is 0 Å². The number of sulfone groups is 1. The largest absolute Gasteiger partial charge is 0.379 e. The first-order valence-electron chi connectivity index (χ1n) is 7.44. The second-order valence-corrected chi connectivity index (χ2v) is 9.29. The Balaban J connectivity index is 1.52. The molecule has 3 rings (SSSR count). The van der Waals surface area contributed by atoms with Crippen LogP contribution in [-0.2, 0) is 19.3 Å². The molecule has 1 unspecified atom stereocenters. The van der Waals surface area contributed by atoms with Gasteiger partial charge >= 0.3 is 0 Å². The fourth-order valence-electron chi connectivity index (χ4n) is 4.04. The van der Waals surface area contributed by atoms with Crippen LogP contribution < -0.4 is 0 Å². The predicted molar refractivity (Wildman–Crippen MR) is 76.5 cm³/mol. The van der Waals surface area contributed by atoms with Crippen LogP contribution in [0.15, 0.2) is 0 Å². The monoisotopic (exact) mass is 303 g/mol. The van der Waals surface area contributed by atoms with Gasteiger partial charge < -0.3 is 9.47 Å². The van der Waals surface area contributed by atoms with E-state index < -0.39 is 9.84 Å². The minimum absolute atomic E-state index is 0.0949. The minimum Gasteiger partial charge on any atom is -0.379 e. The lowest BCUT2D eigenvalue weighted by atomic mass is 9.71. The average Bonchev–Trinajstić information content (AvgIpc) is 2.89. The molecule has 6 heteroatoms. The Kier molecular flexibility index (Phi) is 3.64. The van der Waals surface area contributed by atoms with Crippen molar-refractivity contribution in [2.75, 3.05) is 51.0 Å². The highest BCUT2D eigenvalue weighted by Crippen LogP contribution is 2.52. The summed E-state index contributed by atoms with van der Waals surface area (Å²) in [4.78, 5) is 2.37. The van der Waals surface area contributed by atoms with Crippen molar-refractivity contribution >= 4 is 9.84 Å². The molecule has 0 N–H and O–H groups in total. The van der Waals surface area contributed by atoms with E-state index in [9.17, 15) is 8.42 Å². The lowest BCUT2D eigenvalue weighted by Crippen LogP contribution is -2.34. The summed E-state index contributed by atoms with van der Waals surface area (Å²) >= 11 is 0. The van der Waals surface area contributed by atoms with Crippen LogP contribution in [0.2, 0.25) is 0 Å². The van der Waals surface area contributed by atoms with Crippen molar-refractivity contribution in [3.8, 4) is 0 Å². The quantitative estimate of drug-likeness (QED) is 0.759. The molecule has 0 spiro atoms. The maximum atomic E-state index is 11.9. The number of likely N-dealkylation sites (tertiary alicyclic amines) is 1. The molecule has 0 aromatic rings. The normalized spacial score (nSPS) is 44.0. The number of fused-ring (bicyclic) bond motifs is 1. The molecule has 0 saturated carbocycles. The second-order valence-electron chi connectivity index (χ2n) is 7.22. The Morgan fingerprint density at radius 3 is 2.45 bits per heavy atom. The third-order valence-corrected chi connectivity index (χ3v) is 7.48. The standard InChI is InChI=1S/C14H25NO4S/c1-13-8-15(4-6-19-12-3-5-18-7-12)9-14(13,2)11-20(16,17)10-13/h12H,3-11H2,1-2H3/t12?,13-,14+. The van der Waals surface area contributed by atoms with Gasteiger partial charge in [-0.3, -0.25) is 4.90 Å². The molecule has 3 saturated heterocycles. The van der Waals surface area contributed by atoms with Crippen molar-refractivity contribution in [2.45, 2.75) is 26.4 Å². The molecule has 3 aliphatic rings. The van der Waals surface area contributed by atoms with Gasteiger partial charge in [0.25, 0.3) is 0 Å². The van der Waals surface area contributed by atoms with Crippen LogP contribution in [0, 0.1) is 10.8 Å². The summed E-state index contributed by atoms with van der Waals surface area (Å²) in [5.74, 6) is 0.675. The number of hydrogen-bond donors (Lipinski definition) is 0. The molecule has 0 radical (unpaired) electrons. The van der Waals surface area contributed by atoms with Gasteiger partial charge in [-0.15, -0.1) is 0 Å². The topological polar surface area (TPSA) is 55.8 Å². The molecule has 3 atom stereocenters. The van der Waals surface area contributed by atoms with Gasteiger partial charge in [0.15, 0.2) is 9.84 Å². The van der Waals surface area contributed by atoms with Crippen molar-refractivity contribution in [1.82, 2.24) is 4.90 Å². The van der Waals surface area contributed by atoms with Crippen LogP contribution >= 0.6 is 0 Å². The molecular formula is C14H25NO4S. The second kappa shape index (κ2) is 4.93. The molecule has 3 aliphatic heterocycles. The summed E-state index contributed by atoms with van der Waals surface area (Å²) in [6.07, 6.45) is 1.25. The van der Waals surface area contributed by atoms with E-state index >= 15 is 0 Å². The Bertz CT molecular complexity index is 448. The average molecular weight is 303 g/mol. The molecule has 116 valence electrons. The fraction of sp³-hybridized carbons (Fsp3) is 1.00. The highest BCUT2D eigenvalue weighted by molar-refractivity contribution is 7.91. The number of hydrogen-bond acceptors (Lipinski definition) is 5. The minimum atomic E-state index is -2.85. The van der Waals surface area contributed by atoms with Crippen molar-refractivity contribution < 1.29 is 17.9 Å². The summed E-state index contributed by atoms with van der Waals surface area (Å²) in [7, 11) is -2.85. The van der Waals surface area contributed by atoms with E-state index in [1.165, 1.54) is 0 Å². The SMILES string of the molecule is C[C@@]12CN(CCOC3CCOC3)C[C@]1(C)CS(=O)(=O)C2. The highest BCUT2D eigenvalue weighted by atomic mass is 32.2. The number of ether oxygens (including phenoxy) is 2. The Morgan fingerprint density at radius 1 is 1.25 bits per heavy atom. The van der Waals surface area contributed by atoms with Gasteiger partial charge in [0.2, 0.25) is 0 Å². The summed E-state index contributed by atoms with van der Waals surface area (Å²) in [6.45, 7) is 9.12. The predicted octanol–water partition coefficient (Wildman–Crippen LogP) is 0.549. The van der Waals surface area contributed by atoms with Gasteiger partial charge in [0, 0.05) is 37.1 Å². The van der Waals surface area contributed by atoms with Gasteiger partial charge in [-0.05, 0) is 6.42 Å². The number of rotatable bonds is 4. The molecule has 20 heavy (non-hydrogen) atoms. The van der Waals surface area contributed by atoms with Crippen molar-refractivity contribution in [1.29, 1.82) is 0 Å². The maximum absolute atomic E-state index is 11.9. The zero-order valence-corrected chi connectivity index (χ0v) is 13.2. The molecule has 5 nitrogen and oxygen atoms in total. The van der Waals surface area contributed by atoms with Crippen LogP contribution in [-0.4, -0.2) is 70.4 Å². The summed E-state index contributed by atoms with van der Waals surface area (Å²) in [5, 5.41) is 0. The van der Waals surface area contributed by atoms with E-state index in [-0.39, 0.29) is 16.9 Å². The lowest BCUT2D eigenvalue weighted by Gasteiger charge is -2.30. The van der Waals surface area contributed by atoms with Gasteiger partial charge in [-0.25, -0.2) is 8.42 Å². The Morgan fingerprint density at radius 2 is 1.90 bits per heavy atom. The molecule has 0 amide bonds. The van der Waals surface area contributed by atoms with E-state index in [4.69, 9.17) is 9.47 Å². The van der Waals surface area contributed by atoms with Crippen molar-refractivity contribution in [2.24, 2.45) is 10.8 Å². The van der Waals surface area contributed by atoms with Gasteiger partial charge in [0.05, 0.1) is 30.8 Å². The third-order valence-electron chi connectivity index (χ3n) is 5.33. The van der Waals surface area contributed by atoms with E-state index in [1.54, 1.807) is 0 Å². The number of nitrogens with zero attached hydrogens (tertiary/aromatic N) is 1. The molecule has 0 aliphatic carbocycles. The summed E-state index contributed by atoms with van der Waals surface area (Å²) in [6, 6.07) is 0. The highest BCUT2D eigenvalue weighted by Gasteiger charge is 2.60. The first-order chi connectivity index (χ1) is 9.32. The lowest BCUT2D eigenvalue weighted by molar-refractivity contribution is 0.0313. The van der Waals surface area contributed by atoms with Gasteiger partial charge in [0.1, 0.15) is 0 Å². The van der Waals surface area contributed by atoms with E-state index in [2.05, 4.69) is 18.7 Å². The van der Waals surface area contributed by atoms with E-state index in [1.807, 2.05) is 0 Å². The smallest absolute Gasteiger partial charge is 0.151 e. The van der Waals surface area contributed by atoms with Gasteiger partial charge in [-0.1, -0.05) is 13.8 Å². The van der Waals surface area contributed by atoms with Crippen LogP contribution in [0.5, 0.6) is 0 Å². The van der Waals surface area contributed by atoms with Crippen LogP contribution in [0.1, 0.15) is 20.3 Å². The molecule has 0 aromatic heterocycles. The van der Waals surface area contributed by atoms with E-state index in [0.29, 0.717) is 24.7 Å². The molecule has 0 aromatic carbocycles. The molecule has 3 fully saturated rings. The zero-order chi connectivity index (χ0) is 14.4. The fourth-order valence-corrected chi connectivity index (χ4v) is 6.96. The molecule has 0 bridgehead atoms. The van der Waals surface area contributed by atoms with Crippen LogP contribution in [0.3, 0.4) is 0 Å². The summed E-state index contributed by atoms with van der Waals surface area (Å²) in [5.41, 5.74) is -0.190. The van der Waals surface area contributed by atoms with Crippen molar-refractivity contribution in [3.63, 3.8) is 0 Å². The Labute approximate surface area is 121 Å². The van der Waals surface area contributed by atoms with Crippen LogP contribution in [0.25, 0.3) is 0 Å². The van der Waals surface area contributed by atoms with Gasteiger partial charge in [-0.2, -0.15) is 0 Å². The summed E-state index contributed by atoms with van der Waals surface area (Å²) < 4.78 is 34.9. The first kappa shape index (κ1) is 14.8. The maximum Gasteiger partial charge on any atom is 0.151 e. The first-order valence-corrected chi connectivity index (χ1v) is 9.26.